The molecule has 2 atom stereocenters. The van der Waals surface area contributed by atoms with Gasteiger partial charge in [-0.1, -0.05) is 50.2 Å². The Morgan fingerprint density at radius 3 is 2.43 bits per heavy atom. The third-order valence-corrected chi connectivity index (χ3v) is 7.01. The van der Waals surface area contributed by atoms with Crippen molar-refractivity contribution in [2.24, 2.45) is 0 Å². The van der Waals surface area contributed by atoms with E-state index in [1.54, 1.807) is 26.0 Å². The van der Waals surface area contributed by atoms with E-state index in [1.165, 1.54) is 7.11 Å². The molecule has 0 fully saturated rings. The minimum Gasteiger partial charge on any atom is -0.468 e. The number of aromatic nitrogens is 1. The molecule has 0 saturated heterocycles. The molecule has 0 aliphatic rings. The number of aromatic amines is 1. The van der Waals surface area contributed by atoms with Crippen molar-refractivity contribution < 1.29 is 18.6 Å². The molecule has 148 valence electrons. The number of methoxy groups -OCH3 is 1. The van der Waals surface area contributed by atoms with Crippen molar-refractivity contribution >= 4 is 24.4 Å². The molecule has 6 nitrogen and oxygen atoms in total. The second kappa shape index (κ2) is 8.63. The number of carbonyl (C=O) groups excluding carboxylic acids is 1. The zero-order valence-electron chi connectivity index (χ0n) is 16.2. The van der Waals surface area contributed by atoms with Crippen LogP contribution in [0.2, 0.25) is 0 Å². The third kappa shape index (κ3) is 4.64. The maximum Gasteiger partial charge on any atom is 0.323 e. The van der Waals surface area contributed by atoms with Gasteiger partial charge in [0, 0.05) is 17.6 Å². The number of fused-ring (bicyclic) bond motifs is 1. The lowest BCUT2D eigenvalue weighted by Gasteiger charge is -2.27. The summed E-state index contributed by atoms with van der Waals surface area (Å²) in [6, 6.07) is 18.0. The summed E-state index contributed by atoms with van der Waals surface area (Å²) in [5.41, 5.74) is 1.50. The summed E-state index contributed by atoms with van der Waals surface area (Å²) in [7, 11) is -2.05. The summed E-state index contributed by atoms with van der Waals surface area (Å²) >= 11 is 0. The summed E-state index contributed by atoms with van der Waals surface area (Å²) < 4.78 is 24.3. The van der Waals surface area contributed by atoms with Gasteiger partial charge in [-0.2, -0.15) is 0 Å². The highest BCUT2D eigenvalue weighted by Crippen LogP contribution is 2.48. The first-order valence-electron chi connectivity index (χ1n) is 9.18. The van der Waals surface area contributed by atoms with Gasteiger partial charge in [-0.05, 0) is 29.7 Å². The van der Waals surface area contributed by atoms with Gasteiger partial charge in [0.25, 0.3) is 0 Å². The maximum absolute atomic E-state index is 13.5. The SMILES string of the molecule is COC(=O)[C@H](Cc1cc2ccccc2[nH]1)NP(=O)(Oc1ccccc1)C(C)C. The Morgan fingerprint density at radius 2 is 1.79 bits per heavy atom. The molecule has 1 aromatic heterocycles. The molecule has 0 amide bonds. The van der Waals surface area contributed by atoms with Crippen molar-refractivity contribution in [3.63, 3.8) is 0 Å². The Bertz CT molecular complexity index is 951. The fourth-order valence-electron chi connectivity index (χ4n) is 2.92. The van der Waals surface area contributed by atoms with E-state index in [0.29, 0.717) is 12.2 Å². The van der Waals surface area contributed by atoms with Crippen LogP contribution in [0.1, 0.15) is 19.5 Å². The maximum atomic E-state index is 13.5. The van der Waals surface area contributed by atoms with E-state index in [1.807, 2.05) is 48.5 Å². The van der Waals surface area contributed by atoms with Crippen LogP contribution in [-0.4, -0.2) is 29.8 Å². The van der Waals surface area contributed by atoms with Gasteiger partial charge in [-0.15, -0.1) is 0 Å². The predicted octanol–water partition coefficient (Wildman–Crippen LogP) is 4.52. The molecule has 7 heteroatoms. The quantitative estimate of drug-likeness (QED) is 0.429. The molecule has 0 spiro atoms. The van der Waals surface area contributed by atoms with Crippen LogP contribution < -0.4 is 9.61 Å². The zero-order valence-corrected chi connectivity index (χ0v) is 17.1. The molecule has 0 aliphatic carbocycles. The average molecular weight is 400 g/mol. The number of esters is 1. The number of benzene rings is 2. The summed E-state index contributed by atoms with van der Waals surface area (Å²) in [6.07, 6.45) is 0.302. The molecular weight excluding hydrogens is 375 g/mol. The minimum absolute atomic E-state index is 0.302. The van der Waals surface area contributed by atoms with Gasteiger partial charge in [0.05, 0.1) is 12.8 Å². The highest BCUT2D eigenvalue weighted by Gasteiger charge is 2.35. The molecule has 2 aromatic carbocycles. The van der Waals surface area contributed by atoms with Crippen molar-refractivity contribution in [3.8, 4) is 5.75 Å². The van der Waals surface area contributed by atoms with E-state index >= 15 is 0 Å². The van der Waals surface area contributed by atoms with Crippen LogP contribution in [0, 0.1) is 0 Å². The molecular formula is C21H25N2O4P. The number of ether oxygens (including phenoxy) is 1. The Balaban J connectivity index is 1.85. The van der Waals surface area contributed by atoms with E-state index in [9.17, 15) is 9.36 Å². The predicted molar refractivity (Wildman–Crippen MR) is 111 cm³/mol. The lowest BCUT2D eigenvalue weighted by atomic mass is 10.1. The van der Waals surface area contributed by atoms with Gasteiger partial charge in [-0.25, -0.2) is 5.09 Å². The number of carbonyl (C=O) groups is 1. The van der Waals surface area contributed by atoms with Crippen LogP contribution in [-0.2, 0) is 20.5 Å². The molecule has 0 aliphatic heterocycles. The standard InChI is InChI=1S/C21H25N2O4P/c1-15(2)28(25,27-18-10-5-4-6-11-18)23-20(21(24)26-3)14-17-13-16-9-7-8-12-19(16)22-17/h4-13,15,20,22H,14H2,1-3H3,(H,23,25)/t20-,28?/m0/s1. The highest BCUT2D eigenvalue weighted by molar-refractivity contribution is 7.58. The monoisotopic (exact) mass is 400 g/mol. The first-order valence-corrected chi connectivity index (χ1v) is 10.9. The van der Waals surface area contributed by atoms with Crippen molar-refractivity contribution in [2.75, 3.05) is 7.11 Å². The fraction of sp³-hybridized carbons (Fsp3) is 0.286. The smallest absolute Gasteiger partial charge is 0.323 e. The Morgan fingerprint density at radius 1 is 1.11 bits per heavy atom. The third-order valence-electron chi connectivity index (χ3n) is 4.50. The van der Waals surface area contributed by atoms with Crippen LogP contribution in [0.25, 0.3) is 10.9 Å². The number of hydrogen-bond acceptors (Lipinski definition) is 4. The summed E-state index contributed by atoms with van der Waals surface area (Å²) in [5.74, 6) is -0.00236. The second-order valence-corrected chi connectivity index (χ2v) is 9.55. The van der Waals surface area contributed by atoms with E-state index in [4.69, 9.17) is 9.26 Å². The lowest BCUT2D eigenvalue weighted by Crippen LogP contribution is -2.40. The van der Waals surface area contributed by atoms with Crippen molar-refractivity contribution in [2.45, 2.75) is 32.0 Å². The summed E-state index contributed by atoms with van der Waals surface area (Å²) in [5, 5.41) is 4.01. The van der Waals surface area contributed by atoms with Crippen LogP contribution in [0.4, 0.5) is 0 Å². The van der Waals surface area contributed by atoms with Crippen LogP contribution >= 0.6 is 7.52 Å². The number of rotatable bonds is 8. The molecule has 1 unspecified atom stereocenters. The van der Waals surface area contributed by atoms with Gasteiger partial charge < -0.3 is 14.2 Å². The summed E-state index contributed by atoms with van der Waals surface area (Å²) in [4.78, 5) is 15.7. The van der Waals surface area contributed by atoms with Gasteiger partial charge in [-0.3, -0.25) is 9.36 Å². The van der Waals surface area contributed by atoms with Crippen LogP contribution in [0.15, 0.2) is 60.7 Å². The van der Waals surface area contributed by atoms with Gasteiger partial charge in [0.1, 0.15) is 11.8 Å². The molecule has 3 rings (SSSR count). The van der Waals surface area contributed by atoms with Gasteiger partial charge in [0.15, 0.2) is 0 Å². The Hall–Kier alpha value is -2.56. The second-order valence-electron chi connectivity index (χ2n) is 6.89. The topological polar surface area (TPSA) is 80.4 Å². The lowest BCUT2D eigenvalue weighted by molar-refractivity contribution is -0.142. The number of H-pyrrole nitrogens is 1. The number of para-hydroxylation sites is 2. The largest absolute Gasteiger partial charge is 0.468 e. The van der Waals surface area contributed by atoms with Crippen LogP contribution in [0.5, 0.6) is 5.75 Å². The fourth-order valence-corrected chi connectivity index (χ4v) is 4.55. The molecule has 28 heavy (non-hydrogen) atoms. The minimum atomic E-state index is -3.37. The number of hydrogen-bond donors (Lipinski definition) is 2. The van der Waals surface area contributed by atoms with Crippen molar-refractivity contribution in [3.05, 3.63) is 66.4 Å². The van der Waals surface area contributed by atoms with Crippen molar-refractivity contribution in [1.29, 1.82) is 0 Å². The first-order chi connectivity index (χ1) is 13.4. The van der Waals surface area contributed by atoms with Gasteiger partial charge in [0.2, 0.25) is 0 Å². The first kappa shape index (κ1) is 20.2. The molecule has 2 N–H and O–H groups in total. The summed E-state index contributed by atoms with van der Waals surface area (Å²) in [6.45, 7) is 3.60. The van der Waals surface area contributed by atoms with E-state index in [0.717, 1.165) is 16.6 Å². The van der Waals surface area contributed by atoms with Crippen LogP contribution in [0.3, 0.4) is 0 Å². The molecule has 1 heterocycles. The zero-order chi connectivity index (χ0) is 20.1. The van der Waals surface area contributed by atoms with E-state index in [-0.39, 0.29) is 5.66 Å². The average Bonchev–Trinajstić information content (AvgIpc) is 3.10. The van der Waals surface area contributed by atoms with E-state index in [2.05, 4.69) is 10.1 Å². The highest BCUT2D eigenvalue weighted by atomic mass is 31.2. The molecule has 0 bridgehead atoms. The van der Waals surface area contributed by atoms with E-state index < -0.39 is 19.5 Å². The Labute approximate surface area is 164 Å². The van der Waals surface area contributed by atoms with Crippen molar-refractivity contribution in [1.82, 2.24) is 10.1 Å². The Kier molecular flexibility index (Phi) is 6.22. The molecule has 0 saturated carbocycles. The molecule has 0 radical (unpaired) electrons. The van der Waals surface area contributed by atoms with Gasteiger partial charge >= 0.3 is 13.5 Å². The number of nitrogens with one attached hydrogen (secondary N) is 2. The normalized spacial score (nSPS) is 14.6. The molecule has 3 aromatic rings.